The van der Waals surface area contributed by atoms with Crippen LogP contribution in [0.4, 0.5) is 5.69 Å². The molecule has 3 aromatic rings. The second kappa shape index (κ2) is 8.89. The van der Waals surface area contributed by atoms with E-state index in [0.717, 1.165) is 27.3 Å². The van der Waals surface area contributed by atoms with Gasteiger partial charge in [0.05, 0.1) is 18.5 Å². The molecule has 1 aromatic heterocycles. The molecular formula is C22H26N4O4S. The highest BCUT2D eigenvalue weighted by molar-refractivity contribution is 7.92. The van der Waals surface area contributed by atoms with Gasteiger partial charge in [0.1, 0.15) is 6.04 Å². The minimum absolute atomic E-state index is 0.0630. The Morgan fingerprint density at radius 1 is 1.10 bits per heavy atom. The third kappa shape index (κ3) is 5.29. The first kappa shape index (κ1) is 22.5. The van der Waals surface area contributed by atoms with Gasteiger partial charge in [-0.05, 0) is 44.0 Å². The molecule has 0 saturated carbocycles. The van der Waals surface area contributed by atoms with E-state index in [1.165, 1.54) is 4.90 Å². The Morgan fingerprint density at radius 2 is 1.71 bits per heavy atom. The van der Waals surface area contributed by atoms with Crippen LogP contribution in [0.5, 0.6) is 0 Å². The SMILES string of the molecule is Cc1cc(C)cc(N([C@H](C)C(=O)N(C)Cc2nc(-c3ccccc3)no2)S(C)(=O)=O)c1. The molecule has 1 atom stereocenters. The summed E-state index contributed by atoms with van der Waals surface area (Å²) in [5.41, 5.74) is 3.09. The van der Waals surface area contributed by atoms with Crippen LogP contribution >= 0.6 is 0 Å². The van der Waals surface area contributed by atoms with Crippen LogP contribution in [0.15, 0.2) is 53.1 Å². The molecule has 0 radical (unpaired) electrons. The first-order valence-electron chi connectivity index (χ1n) is 9.77. The van der Waals surface area contributed by atoms with E-state index in [9.17, 15) is 13.2 Å². The molecule has 0 fully saturated rings. The molecule has 9 heteroatoms. The van der Waals surface area contributed by atoms with Gasteiger partial charge in [-0.15, -0.1) is 0 Å². The number of aryl methyl sites for hydroxylation is 2. The molecule has 0 aliphatic heterocycles. The molecule has 0 spiro atoms. The molecule has 0 aliphatic rings. The zero-order valence-corrected chi connectivity index (χ0v) is 19.0. The number of hydrogen-bond acceptors (Lipinski definition) is 6. The number of nitrogens with zero attached hydrogens (tertiary/aromatic N) is 4. The van der Waals surface area contributed by atoms with Crippen molar-refractivity contribution in [3.63, 3.8) is 0 Å². The fraction of sp³-hybridized carbons (Fsp3) is 0.318. The quantitative estimate of drug-likeness (QED) is 0.558. The van der Waals surface area contributed by atoms with Crippen LogP contribution in [-0.4, -0.2) is 48.7 Å². The molecule has 0 bridgehead atoms. The predicted molar refractivity (Wildman–Crippen MR) is 119 cm³/mol. The van der Waals surface area contributed by atoms with Crippen molar-refractivity contribution in [1.82, 2.24) is 15.0 Å². The summed E-state index contributed by atoms with van der Waals surface area (Å²) in [5.74, 6) is 0.306. The lowest BCUT2D eigenvalue weighted by Crippen LogP contribution is -2.48. The summed E-state index contributed by atoms with van der Waals surface area (Å²) in [4.78, 5) is 18.8. The van der Waals surface area contributed by atoms with E-state index in [4.69, 9.17) is 4.52 Å². The van der Waals surface area contributed by atoms with Crippen molar-refractivity contribution in [2.45, 2.75) is 33.4 Å². The summed E-state index contributed by atoms with van der Waals surface area (Å²) in [6.45, 7) is 5.40. The summed E-state index contributed by atoms with van der Waals surface area (Å²) in [5, 5.41) is 3.95. The molecule has 0 unspecified atom stereocenters. The van der Waals surface area contributed by atoms with E-state index in [1.54, 1.807) is 26.1 Å². The normalized spacial score (nSPS) is 12.4. The van der Waals surface area contributed by atoms with Crippen LogP contribution < -0.4 is 4.31 Å². The van der Waals surface area contributed by atoms with Gasteiger partial charge >= 0.3 is 0 Å². The van der Waals surface area contributed by atoms with Gasteiger partial charge in [0.15, 0.2) is 0 Å². The maximum Gasteiger partial charge on any atom is 0.246 e. The molecule has 0 aliphatic carbocycles. The lowest BCUT2D eigenvalue weighted by Gasteiger charge is -2.31. The minimum atomic E-state index is -3.70. The molecular weight excluding hydrogens is 416 g/mol. The number of aromatic nitrogens is 2. The molecule has 3 rings (SSSR count). The second-order valence-corrected chi connectivity index (χ2v) is 9.51. The van der Waals surface area contributed by atoms with Crippen molar-refractivity contribution in [2.75, 3.05) is 17.6 Å². The molecule has 1 amide bonds. The maximum atomic E-state index is 13.1. The summed E-state index contributed by atoms with van der Waals surface area (Å²) in [7, 11) is -2.12. The Hall–Kier alpha value is -3.20. The maximum absolute atomic E-state index is 13.1. The third-order valence-electron chi connectivity index (χ3n) is 4.78. The number of sulfonamides is 1. The fourth-order valence-corrected chi connectivity index (χ4v) is 4.66. The van der Waals surface area contributed by atoms with Gasteiger partial charge in [-0.1, -0.05) is 41.6 Å². The Labute approximate surface area is 182 Å². The van der Waals surface area contributed by atoms with Gasteiger partial charge in [-0.3, -0.25) is 9.10 Å². The lowest BCUT2D eigenvalue weighted by molar-refractivity contribution is -0.131. The van der Waals surface area contributed by atoms with Gasteiger partial charge < -0.3 is 9.42 Å². The van der Waals surface area contributed by atoms with Crippen molar-refractivity contribution < 1.29 is 17.7 Å². The highest BCUT2D eigenvalue weighted by Crippen LogP contribution is 2.25. The summed E-state index contributed by atoms with van der Waals surface area (Å²) in [6, 6.07) is 13.9. The lowest BCUT2D eigenvalue weighted by atomic mass is 10.1. The molecule has 31 heavy (non-hydrogen) atoms. The highest BCUT2D eigenvalue weighted by atomic mass is 32.2. The number of rotatable bonds is 7. The predicted octanol–water partition coefficient (Wildman–Crippen LogP) is 3.17. The van der Waals surface area contributed by atoms with Gasteiger partial charge in [0.25, 0.3) is 0 Å². The van der Waals surface area contributed by atoms with Crippen molar-refractivity contribution in [3.05, 3.63) is 65.5 Å². The first-order valence-corrected chi connectivity index (χ1v) is 11.6. The topological polar surface area (TPSA) is 96.6 Å². The Bertz CT molecular complexity index is 1150. The number of carbonyl (C=O) groups is 1. The molecule has 1 heterocycles. The van der Waals surface area contributed by atoms with E-state index in [-0.39, 0.29) is 18.3 Å². The van der Waals surface area contributed by atoms with Gasteiger partial charge in [0, 0.05) is 12.6 Å². The van der Waals surface area contributed by atoms with Gasteiger partial charge in [-0.2, -0.15) is 4.98 Å². The Morgan fingerprint density at radius 3 is 2.29 bits per heavy atom. The summed E-state index contributed by atoms with van der Waals surface area (Å²) < 4.78 is 31.5. The number of benzene rings is 2. The van der Waals surface area contributed by atoms with E-state index in [1.807, 2.05) is 50.2 Å². The zero-order chi connectivity index (χ0) is 22.8. The average Bonchev–Trinajstić information content (AvgIpc) is 3.14. The Kier molecular flexibility index (Phi) is 6.45. The van der Waals surface area contributed by atoms with Crippen molar-refractivity contribution in [3.8, 4) is 11.4 Å². The molecule has 8 nitrogen and oxygen atoms in total. The highest BCUT2D eigenvalue weighted by Gasteiger charge is 2.31. The van der Waals surface area contributed by atoms with Crippen LogP contribution in [0.3, 0.4) is 0 Å². The number of carbonyl (C=O) groups excluding carboxylic acids is 1. The smallest absolute Gasteiger partial charge is 0.246 e. The monoisotopic (exact) mass is 442 g/mol. The van der Waals surface area contributed by atoms with Crippen LogP contribution in [0, 0.1) is 13.8 Å². The van der Waals surface area contributed by atoms with Crippen LogP contribution in [0.25, 0.3) is 11.4 Å². The van der Waals surface area contributed by atoms with E-state index in [0.29, 0.717) is 11.5 Å². The van der Waals surface area contributed by atoms with Gasteiger partial charge in [-0.25, -0.2) is 8.42 Å². The second-order valence-electron chi connectivity index (χ2n) is 7.65. The fourth-order valence-electron chi connectivity index (χ4n) is 3.50. The first-order chi connectivity index (χ1) is 14.6. The van der Waals surface area contributed by atoms with Crippen molar-refractivity contribution in [1.29, 1.82) is 0 Å². The number of hydrogen-bond donors (Lipinski definition) is 0. The van der Waals surface area contributed by atoms with E-state index >= 15 is 0 Å². The number of anilines is 1. The van der Waals surface area contributed by atoms with Crippen molar-refractivity contribution in [2.24, 2.45) is 0 Å². The van der Waals surface area contributed by atoms with Crippen molar-refractivity contribution >= 4 is 21.6 Å². The standard InChI is InChI=1S/C22H26N4O4S/c1-15-11-16(2)13-19(12-15)26(31(5,28)29)17(3)22(27)25(4)14-20-23-21(24-30-20)18-9-7-6-8-10-18/h6-13,17H,14H2,1-5H3/t17-/m1/s1. The average molecular weight is 443 g/mol. The summed E-state index contributed by atoms with van der Waals surface area (Å²) >= 11 is 0. The van der Waals surface area contributed by atoms with Crippen LogP contribution in [0.1, 0.15) is 23.9 Å². The number of likely N-dealkylation sites (N-methyl/N-ethyl adjacent to an activating group) is 1. The Balaban J connectivity index is 1.80. The molecule has 164 valence electrons. The summed E-state index contributed by atoms with van der Waals surface area (Å²) in [6.07, 6.45) is 1.10. The number of amides is 1. The van der Waals surface area contributed by atoms with Crippen LogP contribution in [0.2, 0.25) is 0 Å². The zero-order valence-electron chi connectivity index (χ0n) is 18.2. The third-order valence-corrected chi connectivity index (χ3v) is 6.02. The molecule has 0 N–H and O–H groups in total. The largest absolute Gasteiger partial charge is 0.337 e. The molecule has 0 saturated heterocycles. The minimum Gasteiger partial charge on any atom is -0.337 e. The van der Waals surface area contributed by atoms with Crippen LogP contribution in [-0.2, 0) is 21.4 Å². The van der Waals surface area contributed by atoms with E-state index in [2.05, 4.69) is 10.1 Å². The molecule has 2 aromatic carbocycles. The van der Waals surface area contributed by atoms with E-state index < -0.39 is 16.1 Å². The van der Waals surface area contributed by atoms with Gasteiger partial charge in [0.2, 0.25) is 27.6 Å².